The molecule has 4 nitrogen and oxygen atoms in total. The van der Waals surface area contributed by atoms with E-state index in [0.717, 1.165) is 6.54 Å². The van der Waals surface area contributed by atoms with E-state index < -0.39 is 0 Å². The van der Waals surface area contributed by atoms with Gasteiger partial charge in [-0.2, -0.15) is 0 Å². The van der Waals surface area contributed by atoms with Crippen LogP contribution in [0, 0.1) is 0 Å². The molecule has 1 aromatic rings. The van der Waals surface area contributed by atoms with Crippen LogP contribution < -0.4 is 11.1 Å². The molecule has 0 bridgehead atoms. The minimum Gasteiger partial charge on any atom is -0.370 e. The van der Waals surface area contributed by atoms with Crippen LogP contribution in [0.15, 0.2) is 29.3 Å². The molecule has 1 saturated heterocycles. The Balaban J connectivity index is 0.00000208. The van der Waals surface area contributed by atoms with E-state index >= 15 is 0 Å². The lowest BCUT2D eigenvalue weighted by molar-refractivity contribution is 0.331. The summed E-state index contributed by atoms with van der Waals surface area (Å²) in [5.74, 6) is 0.595. The van der Waals surface area contributed by atoms with Crippen molar-refractivity contribution < 1.29 is 0 Å². The van der Waals surface area contributed by atoms with Crippen LogP contribution in [-0.4, -0.2) is 30.0 Å². The predicted octanol–water partition coefficient (Wildman–Crippen LogP) is 3.64. The van der Waals surface area contributed by atoms with Gasteiger partial charge in [0.15, 0.2) is 5.96 Å². The smallest absolute Gasteiger partial charge is 0.189 e. The van der Waals surface area contributed by atoms with Crippen LogP contribution in [0.25, 0.3) is 0 Å². The van der Waals surface area contributed by atoms with Gasteiger partial charge < -0.3 is 11.1 Å². The van der Waals surface area contributed by atoms with Crippen LogP contribution in [0.1, 0.15) is 56.1 Å². The van der Waals surface area contributed by atoms with Crippen LogP contribution in [0.5, 0.6) is 0 Å². The summed E-state index contributed by atoms with van der Waals surface area (Å²) in [7, 11) is 0. The minimum absolute atomic E-state index is 0. The summed E-state index contributed by atoms with van der Waals surface area (Å²) in [6.07, 6.45) is 9.12. The molecule has 2 aliphatic rings. The minimum atomic E-state index is 0. The first-order valence-electron chi connectivity index (χ1n) is 9.16. The first kappa shape index (κ1) is 19.5. The summed E-state index contributed by atoms with van der Waals surface area (Å²) < 4.78 is 0. The lowest BCUT2D eigenvalue weighted by atomic mass is 9.96. The molecule has 1 aliphatic heterocycles. The highest BCUT2D eigenvalue weighted by Crippen LogP contribution is 2.17. The highest BCUT2D eigenvalue weighted by molar-refractivity contribution is 14.0. The molecule has 0 radical (unpaired) electrons. The number of likely N-dealkylation sites (tertiary alicyclic amines) is 1. The van der Waals surface area contributed by atoms with E-state index in [4.69, 9.17) is 5.73 Å². The maximum Gasteiger partial charge on any atom is 0.189 e. The first-order valence-corrected chi connectivity index (χ1v) is 9.16. The van der Waals surface area contributed by atoms with E-state index in [0.29, 0.717) is 18.5 Å². The van der Waals surface area contributed by atoms with Crippen molar-refractivity contribution in [3.8, 4) is 0 Å². The fourth-order valence-corrected chi connectivity index (χ4v) is 3.63. The Morgan fingerprint density at radius 3 is 2.29 bits per heavy atom. The normalized spacial score (nSPS) is 19.9. The standard InChI is InChI=1S/C19H30N4.HI/c20-19(22-18-6-2-1-3-7-18)21-14-16-8-10-17(11-9-16)15-23-12-4-5-13-23;/h8-11,18H,1-7,12-15H2,(H3,20,21,22);1H. The van der Waals surface area contributed by atoms with Gasteiger partial charge >= 0.3 is 0 Å². The summed E-state index contributed by atoms with van der Waals surface area (Å²) in [5.41, 5.74) is 8.65. The summed E-state index contributed by atoms with van der Waals surface area (Å²) in [6.45, 7) is 4.23. The van der Waals surface area contributed by atoms with Crippen LogP contribution in [0.2, 0.25) is 0 Å². The van der Waals surface area contributed by atoms with Gasteiger partial charge in [0, 0.05) is 12.6 Å². The highest BCUT2D eigenvalue weighted by atomic mass is 127. The Morgan fingerprint density at radius 1 is 1.00 bits per heavy atom. The Labute approximate surface area is 163 Å². The van der Waals surface area contributed by atoms with Gasteiger partial charge in [-0.1, -0.05) is 43.5 Å². The van der Waals surface area contributed by atoms with Crippen LogP contribution in [0.4, 0.5) is 0 Å². The maximum atomic E-state index is 6.02. The van der Waals surface area contributed by atoms with Crippen molar-refractivity contribution in [1.29, 1.82) is 0 Å². The third-order valence-electron chi connectivity index (χ3n) is 5.02. The van der Waals surface area contributed by atoms with E-state index in [1.807, 2.05) is 0 Å². The quantitative estimate of drug-likeness (QED) is 0.416. The number of nitrogens with one attached hydrogen (secondary N) is 1. The van der Waals surface area contributed by atoms with Gasteiger partial charge in [0.1, 0.15) is 0 Å². The van der Waals surface area contributed by atoms with Crippen LogP contribution in [-0.2, 0) is 13.1 Å². The summed E-state index contributed by atoms with van der Waals surface area (Å²) in [4.78, 5) is 7.02. The molecule has 0 atom stereocenters. The highest BCUT2D eigenvalue weighted by Gasteiger charge is 2.13. The average molecular weight is 442 g/mol. The van der Waals surface area contributed by atoms with E-state index in [9.17, 15) is 0 Å². The molecule has 0 amide bonds. The van der Waals surface area contributed by atoms with Gasteiger partial charge in [-0.3, -0.25) is 4.90 Å². The number of nitrogens with zero attached hydrogens (tertiary/aromatic N) is 2. The molecule has 24 heavy (non-hydrogen) atoms. The number of nitrogens with two attached hydrogens (primary N) is 1. The van der Waals surface area contributed by atoms with Crippen molar-refractivity contribution in [1.82, 2.24) is 10.2 Å². The number of aliphatic imine (C=N–C) groups is 1. The number of hydrogen-bond acceptors (Lipinski definition) is 2. The molecule has 3 N–H and O–H groups in total. The zero-order valence-corrected chi connectivity index (χ0v) is 16.9. The second-order valence-corrected chi connectivity index (χ2v) is 6.98. The molecular formula is C19H31IN4. The molecule has 0 spiro atoms. The Bertz CT molecular complexity index is 503. The van der Waals surface area contributed by atoms with Gasteiger partial charge in [0.05, 0.1) is 6.54 Å². The monoisotopic (exact) mass is 442 g/mol. The zero-order chi connectivity index (χ0) is 15.9. The van der Waals surface area contributed by atoms with Gasteiger partial charge in [0.2, 0.25) is 0 Å². The second kappa shape index (κ2) is 10.2. The second-order valence-electron chi connectivity index (χ2n) is 6.98. The van der Waals surface area contributed by atoms with E-state index in [1.165, 1.54) is 69.2 Å². The number of guanidine groups is 1. The van der Waals surface area contributed by atoms with Crippen LogP contribution in [0.3, 0.4) is 0 Å². The van der Waals surface area contributed by atoms with Crippen molar-refractivity contribution in [2.75, 3.05) is 13.1 Å². The third-order valence-corrected chi connectivity index (χ3v) is 5.02. The molecule has 2 fully saturated rings. The Hall–Kier alpha value is -0.820. The first-order chi connectivity index (χ1) is 11.3. The Kier molecular flexibility index (Phi) is 8.32. The molecule has 5 heteroatoms. The molecule has 1 aliphatic carbocycles. The van der Waals surface area contributed by atoms with Gasteiger partial charge in [-0.05, 0) is 49.9 Å². The fraction of sp³-hybridized carbons (Fsp3) is 0.632. The van der Waals surface area contributed by atoms with Gasteiger partial charge in [-0.15, -0.1) is 24.0 Å². The molecule has 1 saturated carbocycles. The average Bonchev–Trinajstić information content (AvgIpc) is 3.08. The van der Waals surface area contributed by atoms with Gasteiger partial charge in [-0.25, -0.2) is 4.99 Å². The lowest BCUT2D eigenvalue weighted by Gasteiger charge is -2.23. The van der Waals surface area contributed by atoms with E-state index in [1.54, 1.807) is 0 Å². The van der Waals surface area contributed by atoms with Crippen molar-refractivity contribution in [2.24, 2.45) is 10.7 Å². The molecule has 1 aromatic carbocycles. The molecule has 134 valence electrons. The number of hydrogen-bond donors (Lipinski definition) is 2. The van der Waals surface area contributed by atoms with Gasteiger partial charge in [0.25, 0.3) is 0 Å². The predicted molar refractivity (Wildman–Crippen MR) is 112 cm³/mol. The van der Waals surface area contributed by atoms with Crippen molar-refractivity contribution in [3.63, 3.8) is 0 Å². The largest absolute Gasteiger partial charge is 0.370 e. The molecular weight excluding hydrogens is 411 g/mol. The summed E-state index contributed by atoms with van der Waals surface area (Å²) in [5, 5.41) is 3.37. The number of halogens is 1. The molecule has 1 heterocycles. The zero-order valence-electron chi connectivity index (χ0n) is 14.5. The van der Waals surface area contributed by atoms with E-state index in [2.05, 4.69) is 39.5 Å². The number of rotatable bonds is 5. The molecule has 3 rings (SSSR count). The lowest BCUT2D eigenvalue weighted by Crippen LogP contribution is -2.41. The van der Waals surface area contributed by atoms with Crippen molar-refractivity contribution in [2.45, 2.75) is 64.1 Å². The third kappa shape index (κ3) is 6.24. The number of benzene rings is 1. The van der Waals surface area contributed by atoms with E-state index in [-0.39, 0.29) is 24.0 Å². The SMILES string of the molecule is I.NC(=NCc1ccc(CN2CCCC2)cc1)NC1CCCCC1. The maximum absolute atomic E-state index is 6.02. The van der Waals surface area contributed by atoms with Crippen LogP contribution >= 0.6 is 24.0 Å². The molecule has 0 unspecified atom stereocenters. The fourth-order valence-electron chi connectivity index (χ4n) is 3.63. The Morgan fingerprint density at radius 2 is 1.62 bits per heavy atom. The molecule has 0 aromatic heterocycles. The summed E-state index contributed by atoms with van der Waals surface area (Å²) >= 11 is 0. The van der Waals surface area contributed by atoms with Crippen molar-refractivity contribution in [3.05, 3.63) is 35.4 Å². The van der Waals surface area contributed by atoms with Crippen molar-refractivity contribution >= 4 is 29.9 Å². The topological polar surface area (TPSA) is 53.6 Å². The summed E-state index contributed by atoms with van der Waals surface area (Å²) in [6, 6.07) is 9.35.